The molecule has 0 rings (SSSR count). The van der Waals surface area contributed by atoms with E-state index in [9.17, 15) is 4.79 Å². The van der Waals surface area contributed by atoms with Gasteiger partial charge in [-0.15, -0.1) is 0 Å². The lowest BCUT2D eigenvalue weighted by Gasteiger charge is -2.02. The fraction of sp³-hybridized carbons (Fsp3) is 0.750. The van der Waals surface area contributed by atoms with Gasteiger partial charge in [0.05, 0.1) is 7.11 Å². The number of aliphatic carboxylic acids is 1. The number of hydrogen-bond donors (Lipinski definition) is 1. The molecule has 0 radical (unpaired) electrons. The van der Waals surface area contributed by atoms with Crippen LogP contribution in [0.2, 0.25) is 0 Å². The quantitative estimate of drug-likeness (QED) is 0.503. The number of carbonyl (C=O) groups is 1. The number of rotatable bonds is 5. The molecule has 0 aliphatic rings. The van der Waals surface area contributed by atoms with E-state index in [-0.39, 0.29) is 6.54 Å². The zero-order valence-electron chi connectivity index (χ0n) is 7.54. The maximum atomic E-state index is 10.1. The van der Waals surface area contributed by atoms with Gasteiger partial charge in [-0.1, -0.05) is 13.3 Å². The highest BCUT2D eigenvalue weighted by molar-refractivity contribution is 5.79. The van der Waals surface area contributed by atoms with Crippen LogP contribution in [0.5, 0.6) is 0 Å². The number of hydrogen-bond acceptors (Lipinski definition) is 3. The molecule has 1 N–H and O–H groups in total. The molecule has 4 nitrogen and oxygen atoms in total. The smallest absolute Gasteiger partial charge is 0.325 e. The van der Waals surface area contributed by atoms with E-state index in [0.717, 1.165) is 19.3 Å². The Kier molecular flexibility index (Phi) is 6.05. The summed E-state index contributed by atoms with van der Waals surface area (Å²) in [4.78, 5) is 13.9. The van der Waals surface area contributed by atoms with E-state index in [0.29, 0.717) is 5.90 Å². The summed E-state index contributed by atoms with van der Waals surface area (Å²) in [5.41, 5.74) is 0. The second-order valence-electron chi connectivity index (χ2n) is 2.41. The summed E-state index contributed by atoms with van der Waals surface area (Å²) in [5.74, 6) is -0.403. The molecule has 0 saturated heterocycles. The second kappa shape index (κ2) is 6.64. The summed E-state index contributed by atoms with van der Waals surface area (Å²) in [5, 5.41) is 8.32. The van der Waals surface area contributed by atoms with E-state index in [1.807, 2.05) is 0 Å². The van der Waals surface area contributed by atoms with Gasteiger partial charge in [0, 0.05) is 6.42 Å². The summed E-state index contributed by atoms with van der Waals surface area (Å²) in [6, 6.07) is 0. The Morgan fingerprint density at radius 2 is 2.25 bits per heavy atom. The Balaban J connectivity index is 3.78. The van der Waals surface area contributed by atoms with Crippen molar-refractivity contribution in [2.24, 2.45) is 4.99 Å². The predicted octanol–water partition coefficient (Wildman–Crippen LogP) is 1.31. The molecule has 0 bridgehead atoms. The zero-order chi connectivity index (χ0) is 9.40. The minimum Gasteiger partial charge on any atom is -0.484 e. The first-order valence-electron chi connectivity index (χ1n) is 3.99. The molecule has 0 amide bonds. The van der Waals surface area contributed by atoms with Crippen molar-refractivity contribution >= 4 is 11.9 Å². The molecule has 4 heteroatoms. The van der Waals surface area contributed by atoms with Crippen LogP contribution >= 0.6 is 0 Å². The molecule has 0 aromatic heterocycles. The Labute approximate surface area is 72.3 Å². The molecule has 0 aromatic rings. The van der Waals surface area contributed by atoms with Crippen LogP contribution in [0, 0.1) is 0 Å². The fourth-order valence-electron chi connectivity index (χ4n) is 0.729. The van der Waals surface area contributed by atoms with Crippen molar-refractivity contribution in [3.05, 3.63) is 0 Å². The van der Waals surface area contributed by atoms with Gasteiger partial charge < -0.3 is 9.84 Å². The largest absolute Gasteiger partial charge is 0.484 e. The molecule has 0 spiro atoms. The van der Waals surface area contributed by atoms with Crippen LogP contribution in [0.15, 0.2) is 4.99 Å². The van der Waals surface area contributed by atoms with Gasteiger partial charge in [0.15, 0.2) is 5.90 Å². The standard InChI is InChI=1S/C8H15NO3/c1-3-4-5-7(12-2)9-6-8(10)11/h3-6H2,1-2H3,(H,10,11). The van der Waals surface area contributed by atoms with E-state index in [2.05, 4.69) is 11.9 Å². The summed E-state index contributed by atoms with van der Waals surface area (Å²) in [6.45, 7) is 1.86. The van der Waals surface area contributed by atoms with Crippen LogP contribution in [0.1, 0.15) is 26.2 Å². The van der Waals surface area contributed by atoms with E-state index in [1.54, 1.807) is 0 Å². The lowest BCUT2D eigenvalue weighted by molar-refractivity contribution is -0.135. The molecule has 0 heterocycles. The van der Waals surface area contributed by atoms with Gasteiger partial charge in [0.1, 0.15) is 6.54 Å². The monoisotopic (exact) mass is 173 g/mol. The van der Waals surface area contributed by atoms with Gasteiger partial charge in [-0.2, -0.15) is 0 Å². The SMILES string of the molecule is CCCCC(=NCC(=O)O)OC. The molecule has 0 saturated carbocycles. The summed E-state index contributed by atoms with van der Waals surface area (Å²) in [7, 11) is 1.51. The van der Waals surface area contributed by atoms with Crippen molar-refractivity contribution in [2.75, 3.05) is 13.7 Å². The van der Waals surface area contributed by atoms with Gasteiger partial charge in [-0.05, 0) is 6.42 Å². The number of carboxylic acids is 1. The van der Waals surface area contributed by atoms with Crippen LogP contribution in [-0.2, 0) is 9.53 Å². The number of methoxy groups -OCH3 is 1. The van der Waals surface area contributed by atoms with Crippen LogP contribution < -0.4 is 0 Å². The van der Waals surface area contributed by atoms with Crippen molar-refractivity contribution in [1.82, 2.24) is 0 Å². The van der Waals surface area contributed by atoms with E-state index < -0.39 is 5.97 Å². The molecule has 0 aromatic carbocycles. The lowest BCUT2D eigenvalue weighted by atomic mass is 10.2. The number of ether oxygens (including phenoxy) is 1. The fourth-order valence-corrected chi connectivity index (χ4v) is 0.729. The van der Waals surface area contributed by atoms with E-state index in [4.69, 9.17) is 9.84 Å². The lowest BCUT2D eigenvalue weighted by Crippen LogP contribution is -2.07. The Morgan fingerprint density at radius 3 is 2.67 bits per heavy atom. The van der Waals surface area contributed by atoms with Crippen molar-refractivity contribution in [2.45, 2.75) is 26.2 Å². The highest BCUT2D eigenvalue weighted by Gasteiger charge is 1.99. The average molecular weight is 173 g/mol. The van der Waals surface area contributed by atoms with Crippen LogP contribution in [0.4, 0.5) is 0 Å². The molecule has 0 atom stereocenters. The Bertz CT molecular complexity index is 166. The van der Waals surface area contributed by atoms with Gasteiger partial charge in [0.25, 0.3) is 0 Å². The third-order valence-electron chi connectivity index (χ3n) is 1.37. The van der Waals surface area contributed by atoms with Crippen molar-refractivity contribution in [3.63, 3.8) is 0 Å². The minimum absolute atomic E-state index is 0.202. The third-order valence-corrected chi connectivity index (χ3v) is 1.37. The first-order chi connectivity index (χ1) is 5.70. The Morgan fingerprint density at radius 1 is 1.58 bits per heavy atom. The average Bonchev–Trinajstić information content (AvgIpc) is 2.05. The van der Waals surface area contributed by atoms with Crippen molar-refractivity contribution in [1.29, 1.82) is 0 Å². The second-order valence-corrected chi connectivity index (χ2v) is 2.41. The molecular formula is C8H15NO3. The first-order valence-corrected chi connectivity index (χ1v) is 3.99. The molecule has 12 heavy (non-hydrogen) atoms. The molecule has 70 valence electrons. The zero-order valence-corrected chi connectivity index (χ0v) is 7.54. The van der Waals surface area contributed by atoms with E-state index in [1.165, 1.54) is 7.11 Å². The maximum absolute atomic E-state index is 10.1. The summed E-state index contributed by atoms with van der Waals surface area (Å²) >= 11 is 0. The molecule has 0 fully saturated rings. The van der Waals surface area contributed by atoms with Crippen molar-refractivity contribution < 1.29 is 14.6 Å². The van der Waals surface area contributed by atoms with Crippen LogP contribution in [-0.4, -0.2) is 30.6 Å². The van der Waals surface area contributed by atoms with Crippen molar-refractivity contribution in [3.8, 4) is 0 Å². The summed E-state index contributed by atoms with van der Waals surface area (Å²) < 4.78 is 4.89. The van der Waals surface area contributed by atoms with Gasteiger partial charge in [-0.3, -0.25) is 4.79 Å². The highest BCUT2D eigenvalue weighted by atomic mass is 16.5. The number of aliphatic imine (C=N–C) groups is 1. The van der Waals surface area contributed by atoms with Gasteiger partial charge in [-0.25, -0.2) is 4.99 Å². The minimum atomic E-state index is -0.930. The van der Waals surface area contributed by atoms with Gasteiger partial charge >= 0.3 is 5.97 Å². The van der Waals surface area contributed by atoms with Crippen LogP contribution in [0.3, 0.4) is 0 Å². The Hall–Kier alpha value is -1.06. The number of carboxylic acid groups (broad SMARTS) is 1. The number of unbranched alkanes of at least 4 members (excludes halogenated alkanes) is 1. The molecule has 0 aliphatic heterocycles. The molecular weight excluding hydrogens is 158 g/mol. The van der Waals surface area contributed by atoms with Crippen LogP contribution in [0.25, 0.3) is 0 Å². The van der Waals surface area contributed by atoms with Gasteiger partial charge in [0.2, 0.25) is 0 Å². The molecule has 0 unspecified atom stereocenters. The third kappa shape index (κ3) is 5.70. The highest BCUT2D eigenvalue weighted by Crippen LogP contribution is 1.97. The number of nitrogens with zero attached hydrogens (tertiary/aromatic N) is 1. The molecule has 0 aliphatic carbocycles. The maximum Gasteiger partial charge on any atom is 0.325 e. The first kappa shape index (κ1) is 10.9. The predicted molar refractivity (Wildman–Crippen MR) is 46.5 cm³/mol. The van der Waals surface area contributed by atoms with E-state index >= 15 is 0 Å². The normalized spacial score (nSPS) is 11.3. The topological polar surface area (TPSA) is 58.9 Å². The summed E-state index contributed by atoms with van der Waals surface area (Å²) in [6.07, 6.45) is 2.75.